The summed E-state index contributed by atoms with van der Waals surface area (Å²) < 4.78 is 5.19. The summed E-state index contributed by atoms with van der Waals surface area (Å²) in [6, 6.07) is -0.395. The molecular weight excluding hydrogens is 268 g/mol. The third kappa shape index (κ3) is 3.67. The summed E-state index contributed by atoms with van der Waals surface area (Å²) in [6.45, 7) is 5.13. The average Bonchev–Trinajstić information content (AvgIpc) is 2.84. The smallest absolute Gasteiger partial charge is 0.239 e. The van der Waals surface area contributed by atoms with Gasteiger partial charge in [-0.25, -0.2) is 0 Å². The quantitative estimate of drug-likeness (QED) is 0.904. The SMILES string of the molecule is CC[C@H](N)C(=O)N1CCCC(c2nc(C)no2)C1.Cl. The second-order valence-corrected chi connectivity index (χ2v) is 4.82. The zero-order valence-electron chi connectivity index (χ0n) is 11.3. The van der Waals surface area contributed by atoms with Gasteiger partial charge in [0.05, 0.1) is 12.0 Å². The van der Waals surface area contributed by atoms with Crippen molar-refractivity contribution in [1.82, 2.24) is 15.0 Å². The van der Waals surface area contributed by atoms with Crippen LogP contribution in [-0.2, 0) is 4.79 Å². The number of aromatic nitrogens is 2. The van der Waals surface area contributed by atoms with Gasteiger partial charge in [-0.2, -0.15) is 4.98 Å². The van der Waals surface area contributed by atoms with E-state index in [0.717, 1.165) is 19.4 Å². The lowest BCUT2D eigenvalue weighted by Crippen LogP contribution is -2.47. The Morgan fingerprint density at radius 3 is 2.95 bits per heavy atom. The first-order valence-electron chi connectivity index (χ1n) is 6.46. The molecule has 1 unspecified atom stereocenters. The van der Waals surface area contributed by atoms with Gasteiger partial charge in [0.15, 0.2) is 5.82 Å². The maximum absolute atomic E-state index is 12.0. The summed E-state index contributed by atoms with van der Waals surface area (Å²) in [4.78, 5) is 18.1. The Hall–Kier alpha value is -1.14. The van der Waals surface area contributed by atoms with Crippen LogP contribution in [0.5, 0.6) is 0 Å². The molecule has 1 aliphatic heterocycles. The predicted molar refractivity (Wildman–Crippen MR) is 73.1 cm³/mol. The van der Waals surface area contributed by atoms with Crippen LogP contribution in [-0.4, -0.2) is 40.1 Å². The van der Waals surface area contributed by atoms with Crippen LogP contribution in [0.3, 0.4) is 0 Å². The second-order valence-electron chi connectivity index (χ2n) is 4.82. The Morgan fingerprint density at radius 1 is 1.63 bits per heavy atom. The fraction of sp³-hybridized carbons (Fsp3) is 0.750. The molecule has 0 aromatic carbocycles. The lowest BCUT2D eigenvalue weighted by atomic mass is 9.97. The number of amides is 1. The number of nitrogens with two attached hydrogens (primary N) is 1. The molecule has 2 atom stereocenters. The van der Waals surface area contributed by atoms with Crippen LogP contribution in [0, 0.1) is 6.92 Å². The van der Waals surface area contributed by atoms with Crippen LogP contribution >= 0.6 is 12.4 Å². The van der Waals surface area contributed by atoms with Crippen molar-refractivity contribution in [2.45, 2.75) is 45.1 Å². The van der Waals surface area contributed by atoms with Crippen LogP contribution in [0.25, 0.3) is 0 Å². The van der Waals surface area contributed by atoms with E-state index in [1.807, 2.05) is 11.8 Å². The summed E-state index contributed by atoms with van der Waals surface area (Å²) in [5, 5.41) is 3.80. The molecular formula is C12H21ClN4O2. The van der Waals surface area contributed by atoms with Crippen molar-refractivity contribution in [3.05, 3.63) is 11.7 Å². The van der Waals surface area contributed by atoms with E-state index >= 15 is 0 Å². The van der Waals surface area contributed by atoms with Gasteiger partial charge < -0.3 is 15.2 Å². The lowest BCUT2D eigenvalue weighted by Gasteiger charge is -2.32. The highest BCUT2D eigenvalue weighted by molar-refractivity contribution is 5.85. The van der Waals surface area contributed by atoms with E-state index in [4.69, 9.17) is 10.3 Å². The predicted octanol–water partition coefficient (Wildman–Crippen LogP) is 1.24. The maximum Gasteiger partial charge on any atom is 0.239 e. The first-order valence-corrected chi connectivity index (χ1v) is 6.46. The first kappa shape index (κ1) is 15.9. The van der Waals surface area contributed by atoms with E-state index in [0.29, 0.717) is 24.7 Å². The van der Waals surface area contributed by atoms with Gasteiger partial charge in [0.1, 0.15) is 0 Å². The van der Waals surface area contributed by atoms with Crippen LogP contribution < -0.4 is 5.73 Å². The van der Waals surface area contributed by atoms with Crippen molar-refractivity contribution in [2.75, 3.05) is 13.1 Å². The molecule has 0 radical (unpaired) electrons. The highest BCUT2D eigenvalue weighted by Gasteiger charge is 2.29. The fourth-order valence-electron chi connectivity index (χ4n) is 2.27. The van der Waals surface area contributed by atoms with E-state index in [1.54, 1.807) is 6.92 Å². The molecule has 108 valence electrons. The third-order valence-corrected chi connectivity index (χ3v) is 3.38. The molecule has 2 rings (SSSR count). The van der Waals surface area contributed by atoms with Crippen molar-refractivity contribution in [2.24, 2.45) is 5.73 Å². The maximum atomic E-state index is 12.0. The van der Waals surface area contributed by atoms with E-state index in [-0.39, 0.29) is 24.2 Å². The molecule has 1 saturated heterocycles. The second kappa shape index (κ2) is 6.86. The van der Waals surface area contributed by atoms with Gasteiger partial charge in [-0.15, -0.1) is 12.4 Å². The van der Waals surface area contributed by atoms with E-state index in [2.05, 4.69) is 10.1 Å². The zero-order valence-corrected chi connectivity index (χ0v) is 12.2. The van der Waals surface area contributed by atoms with Crippen LogP contribution in [0.1, 0.15) is 43.8 Å². The van der Waals surface area contributed by atoms with Crippen molar-refractivity contribution >= 4 is 18.3 Å². The van der Waals surface area contributed by atoms with Crippen LogP contribution in [0.4, 0.5) is 0 Å². The molecule has 2 heterocycles. The standard InChI is InChI=1S/C12H20N4O2.ClH/c1-3-10(13)12(17)16-6-4-5-9(7-16)11-14-8(2)15-18-11;/h9-10H,3-7,13H2,1-2H3;1H/t9?,10-;/m0./s1. The molecule has 2 N–H and O–H groups in total. The molecule has 1 aliphatic rings. The molecule has 7 heteroatoms. The summed E-state index contributed by atoms with van der Waals surface area (Å²) in [5.74, 6) is 1.44. The van der Waals surface area contributed by atoms with Crippen molar-refractivity contribution in [3.8, 4) is 0 Å². The molecule has 0 spiro atoms. The van der Waals surface area contributed by atoms with Crippen molar-refractivity contribution in [1.29, 1.82) is 0 Å². The van der Waals surface area contributed by atoms with Gasteiger partial charge in [0.2, 0.25) is 11.8 Å². The minimum atomic E-state index is -0.395. The van der Waals surface area contributed by atoms with Crippen molar-refractivity contribution in [3.63, 3.8) is 0 Å². The fourth-order valence-corrected chi connectivity index (χ4v) is 2.27. The Kier molecular flexibility index (Phi) is 5.75. The Bertz CT molecular complexity index is 424. The number of piperidine rings is 1. The number of aryl methyl sites for hydroxylation is 1. The van der Waals surface area contributed by atoms with E-state index in [9.17, 15) is 4.79 Å². The van der Waals surface area contributed by atoms with Crippen molar-refractivity contribution < 1.29 is 9.32 Å². The summed E-state index contributed by atoms with van der Waals surface area (Å²) in [5.41, 5.74) is 5.79. The molecule has 1 fully saturated rings. The molecule has 6 nitrogen and oxygen atoms in total. The monoisotopic (exact) mass is 288 g/mol. The largest absolute Gasteiger partial charge is 0.341 e. The molecule has 1 amide bonds. The molecule has 0 aliphatic carbocycles. The van der Waals surface area contributed by atoms with Crippen LogP contribution in [0.2, 0.25) is 0 Å². The first-order chi connectivity index (χ1) is 8.61. The van der Waals surface area contributed by atoms with Gasteiger partial charge in [0.25, 0.3) is 0 Å². The Labute approximate surface area is 119 Å². The number of carbonyl (C=O) groups excluding carboxylic acids is 1. The topological polar surface area (TPSA) is 85.3 Å². The summed E-state index contributed by atoms with van der Waals surface area (Å²) in [7, 11) is 0. The molecule has 0 saturated carbocycles. The zero-order chi connectivity index (χ0) is 13.1. The molecule has 0 bridgehead atoms. The number of carbonyl (C=O) groups is 1. The normalized spacial score (nSPS) is 20.8. The number of hydrogen-bond acceptors (Lipinski definition) is 5. The van der Waals surface area contributed by atoms with Gasteiger partial charge in [-0.3, -0.25) is 4.79 Å². The van der Waals surface area contributed by atoms with Crippen LogP contribution in [0.15, 0.2) is 4.52 Å². The molecule has 1 aromatic rings. The number of likely N-dealkylation sites (tertiary alicyclic amines) is 1. The molecule has 1 aromatic heterocycles. The van der Waals surface area contributed by atoms with E-state index in [1.165, 1.54) is 0 Å². The van der Waals surface area contributed by atoms with Gasteiger partial charge >= 0.3 is 0 Å². The average molecular weight is 289 g/mol. The number of hydrogen-bond donors (Lipinski definition) is 1. The summed E-state index contributed by atoms with van der Waals surface area (Å²) >= 11 is 0. The lowest BCUT2D eigenvalue weighted by molar-refractivity contribution is -0.134. The third-order valence-electron chi connectivity index (χ3n) is 3.38. The minimum absolute atomic E-state index is 0. The number of nitrogens with zero attached hydrogens (tertiary/aromatic N) is 3. The Morgan fingerprint density at radius 2 is 2.37 bits per heavy atom. The summed E-state index contributed by atoms with van der Waals surface area (Å²) in [6.07, 6.45) is 2.60. The number of halogens is 1. The minimum Gasteiger partial charge on any atom is -0.341 e. The molecule has 19 heavy (non-hydrogen) atoms. The number of rotatable bonds is 3. The highest BCUT2D eigenvalue weighted by atomic mass is 35.5. The van der Waals surface area contributed by atoms with Gasteiger partial charge in [-0.05, 0) is 26.2 Å². The van der Waals surface area contributed by atoms with E-state index < -0.39 is 6.04 Å². The van der Waals surface area contributed by atoms with Gasteiger partial charge in [0, 0.05) is 13.1 Å². The Balaban J connectivity index is 0.00000180. The highest BCUT2D eigenvalue weighted by Crippen LogP contribution is 2.25. The van der Waals surface area contributed by atoms with Gasteiger partial charge in [-0.1, -0.05) is 12.1 Å².